The van der Waals surface area contributed by atoms with E-state index in [0.717, 1.165) is 12.8 Å². The molecule has 1 aliphatic rings. The van der Waals surface area contributed by atoms with E-state index in [2.05, 4.69) is 5.32 Å². The van der Waals surface area contributed by atoms with Gasteiger partial charge in [0, 0.05) is 12.2 Å². The number of aliphatic carboxylic acids is 1. The van der Waals surface area contributed by atoms with E-state index in [1.54, 1.807) is 36.3 Å². The Morgan fingerprint density at radius 1 is 1.17 bits per heavy atom. The van der Waals surface area contributed by atoms with Crippen LogP contribution >= 0.6 is 0 Å². The molecule has 0 spiro atoms. The van der Waals surface area contributed by atoms with Crippen LogP contribution in [0, 0.1) is 5.92 Å². The summed E-state index contributed by atoms with van der Waals surface area (Å²) in [7, 11) is 1.57. The first-order valence-electron chi connectivity index (χ1n) is 8.46. The fraction of sp³-hybridized carbons (Fsp3) is 0.556. The van der Waals surface area contributed by atoms with Crippen LogP contribution in [-0.4, -0.2) is 43.7 Å². The number of nitrogens with zero attached hydrogens (tertiary/aromatic N) is 1. The summed E-state index contributed by atoms with van der Waals surface area (Å²) in [4.78, 5) is 24.9. The molecule has 1 aromatic carbocycles. The van der Waals surface area contributed by atoms with Gasteiger partial charge in [-0.1, -0.05) is 19.3 Å². The van der Waals surface area contributed by atoms with Gasteiger partial charge in [-0.2, -0.15) is 0 Å². The summed E-state index contributed by atoms with van der Waals surface area (Å²) in [6.45, 7) is 0.497. The Morgan fingerprint density at radius 2 is 1.83 bits per heavy atom. The molecule has 132 valence electrons. The van der Waals surface area contributed by atoms with Gasteiger partial charge in [-0.15, -0.1) is 0 Å². The molecule has 6 nitrogen and oxygen atoms in total. The number of amides is 1. The molecule has 0 saturated heterocycles. The Hall–Kier alpha value is -2.24. The Labute approximate surface area is 142 Å². The van der Waals surface area contributed by atoms with Crippen LogP contribution in [0.3, 0.4) is 0 Å². The number of anilines is 1. The lowest BCUT2D eigenvalue weighted by molar-refractivity contribution is -0.135. The van der Waals surface area contributed by atoms with Crippen LogP contribution < -0.4 is 15.0 Å². The molecular weight excluding hydrogens is 308 g/mol. The molecule has 1 amide bonds. The number of carboxylic acid groups (broad SMARTS) is 1. The first-order chi connectivity index (χ1) is 11.6. The third-order valence-electron chi connectivity index (χ3n) is 4.41. The van der Waals surface area contributed by atoms with E-state index >= 15 is 0 Å². The van der Waals surface area contributed by atoms with E-state index in [-0.39, 0.29) is 19.0 Å². The number of carbonyl (C=O) groups is 2. The van der Waals surface area contributed by atoms with Crippen LogP contribution in [0.2, 0.25) is 0 Å². The van der Waals surface area contributed by atoms with Gasteiger partial charge in [0.15, 0.2) is 0 Å². The molecule has 1 aromatic rings. The minimum absolute atomic E-state index is 0.0331. The number of methoxy groups -OCH3 is 1. The number of benzene rings is 1. The first kappa shape index (κ1) is 18.1. The molecule has 1 fully saturated rings. The van der Waals surface area contributed by atoms with Crippen molar-refractivity contribution in [1.29, 1.82) is 0 Å². The van der Waals surface area contributed by atoms with Gasteiger partial charge in [-0.05, 0) is 43.0 Å². The third-order valence-corrected chi connectivity index (χ3v) is 4.41. The highest BCUT2D eigenvalue weighted by Gasteiger charge is 2.17. The molecule has 0 bridgehead atoms. The second kappa shape index (κ2) is 9.15. The molecule has 2 N–H and O–H groups in total. The second-order valence-electron chi connectivity index (χ2n) is 6.26. The predicted octanol–water partition coefficient (Wildman–Crippen LogP) is 2.28. The first-order valence-corrected chi connectivity index (χ1v) is 8.46. The Kier molecular flexibility index (Phi) is 6.90. The van der Waals surface area contributed by atoms with Crippen LogP contribution in [0.15, 0.2) is 24.3 Å². The number of hydrogen-bond donors (Lipinski definition) is 2. The molecule has 2 rings (SSSR count). The molecule has 0 heterocycles. The zero-order chi connectivity index (χ0) is 17.4. The van der Waals surface area contributed by atoms with Gasteiger partial charge in [-0.25, -0.2) is 0 Å². The molecule has 1 saturated carbocycles. The van der Waals surface area contributed by atoms with Crippen molar-refractivity contribution in [3.05, 3.63) is 24.3 Å². The number of hydrogen-bond acceptors (Lipinski definition) is 4. The van der Waals surface area contributed by atoms with Crippen LogP contribution in [0.5, 0.6) is 5.75 Å². The van der Waals surface area contributed by atoms with Gasteiger partial charge in [0.2, 0.25) is 5.91 Å². The lowest BCUT2D eigenvalue weighted by atomic mass is 9.89. The Morgan fingerprint density at radius 3 is 2.42 bits per heavy atom. The molecule has 6 heteroatoms. The summed E-state index contributed by atoms with van der Waals surface area (Å²) in [5.74, 6) is 0.135. The minimum atomic E-state index is -0.967. The van der Waals surface area contributed by atoms with Crippen LogP contribution in [0.25, 0.3) is 0 Å². The Bertz CT molecular complexity index is 538. The summed E-state index contributed by atoms with van der Waals surface area (Å²) in [6, 6.07) is 7.03. The minimum Gasteiger partial charge on any atom is -0.497 e. The second-order valence-corrected chi connectivity index (χ2v) is 6.26. The summed E-state index contributed by atoms with van der Waals surface area (Å²) in [5, 5.41) is 12.0. The molecule has 0 aromatic heterocycles. The fourth-order valence-electron chi connectivity index (χ4n) is 3.07. The van der Waals surface area contributed by atoms with Crippen LogP contribution in [0.1, 0.15) is 32.1 Å². The average Bonchev–Trinajstić information content (AvgIpc) is 2.60. The van der Waals surface area contributed by atoms with Gasteiger partial charge in [0.05, 0.1) is 13.7 Å². The predicted molar refractivity (Wildman–Crippen MR) is 92.4 cm³/mol. The maximum Gasteiger partial charge on any atom is 0.323 e. The third kappa shape index (κ3) is 5.76. The standard InChI is InChI=1S/C18H26N2O4/c1-24-16-9-7-15(8-10-16)20(13-18(22)23)12-17(21)19-11-14-5-3-2-4-6-14/h7-10,14H,2-6,11-13H2,1H3,(H,19,21)(H,22,23). The SMILES string of the molecule is COc1ccc(N(CC(=O)O)CC(=O)NCC2CCCCC2)cc1. The molecule has 0 atom stereocenters. The van der Waals surface area contributed by atoms with Gasteiger partial charge in [-0.3, -0.25) is 9.59 Å². The summed E-state index contributed by atoms with van der Waals surface area (Å²) < 4.78 is 5.10. The zero-order valence-electron chi connectivity index (χ0n) is 14.2. The fourth-order valence-corrected chi connectivity index (χ4v) is 3.07. The quantitative estimate of drug-likeness (QED) is 0.762. The highest BCUT2D eigenvalue weighted by atomic mass is 16.5. The van der Waals surface area contributed by atoms with E-state index in [1.807, 2.05) is 0 Å². The van der Waals surface area contributed by atoms with Gasteiger partial charge >= 0.3 is 5.97 Å². The van der Waals surface area contributed by atoms with E-state index < -0.39 is 5.97 Å². The van der Waals surface area contributed by atoms with Crippen LogP contribution in [-0.2, 0) is 9.59 Å². The van der Waals surface area contributed by atoms with E-state index in [1.165, 1.54) is 19.3 Å². The van der Waals surface area contributed by atoms with Crippen molar-refractivity contribution in [2.24, 2.45) is 5.92 Å². The van der Waals surface area contributed by atoms with Crippen molar-refractivity contribution < 1.29 is 19.4 Å². The normalized spacial score (nSPS) is 14.9. The molecule has 0 radical (unpaired) electrons. The maximum atomic E-state index is 12.2. The van der Waals surface area contributed by atoms with Crippen molar-refractivity contribution in [3.8, 4) is 5.75 Å². The lowest BCUT2D eigenvalue weighted by Gasteiger charge is -2.25. The van der Waals surface area contributed by atoms with Gasteiger partial charge in [0.1, 0.15) is 12.3 Å². The monoisotopic (exact) mass is 334 g/mol. The topological polar surface area (TPSA) is 78.9 Å². The molecule has 0 aliphatic heterocycles. The smallest absolute Gasteiger partial charge is 0.323 e. The zero-order valence-corrected chi connectivity index (χ0v) is 14.2. The molecule has 0 unspecified atom stereocenters. The molecule has 1 aliphatic carbocycles. The van der Waals surface area contributed by atoms with Crippen molar-refractivity contribution in [2.75, 3.05) is 31.6 Å². The molecular formula is C18H26N2O4. The largest absolute Gasteiger partial charge is 0.497 e. The molecule has 24 heavy (non-hydrogen) atoms. The number of nitrogens with one attached hydrogen (secondary N) is 1. The summed E-state index contributed by atoms with van der Waals surface area (Å²) >= 11 is 0. The highest BCUT2D eigenvalue weighted by Crippen LogP contribution is 2.23. The summed E-state index contributed by atoms with van der Waals surface area (Å²) in [6.07, 6.45) is 6.08. The summed E-state index contributed by atoms with van der Waals surface area (Å²) in [5.41, 5.74) is 0.686. The number of carboxylic acids is 1. The average molecular weight is 334 g/mol. The van der Waals surface area contributed by atoms with Crippen molar-refractivity contribution in [1.82, 2.24) is 5.32 Å². The Balaban J connectivity index is 1.91. The number of ether oxygens (including phenoxy) is 1. The van der Waals surface area contributed by atoms with Gasteiger partial charge < -0.3 is 20.1 Å². The van der Waals surface area contributed by atoms with Crippen LogP contribution in [0.4, 0.5) is 5.69 Å². The van der Waals surface area contributed by atoms with Gasteiger partial charge in [0.25, 0.3) is 0 Å². The van der Waals surface area contributed by atoms with Crippen molar-refractivity contribution >= 4 is 17.6 Å². The number of carbonyl (C=O) groups excluding carboxylic acids is 1. The highest BCUT2D eigenvalue weighted by molar-refractivity contribution is 5.84. The van der Waals surface area contributed by atoms with Crippen molar-refractivity contribution in [3.63, 3.8) is 0 Å². The van der Waals surface area contributed by atoms with E-state index in [4.69, 9.17) is 9.84 Å². The number of rotatable bonds is 8. The lowest BCUT2D eigenvalue weighted by Crippen LogP contribution is -2.41. The van der Waals surface area contributed by atoms with E-state index in [0.29, 0.717) is 23.9 Å². The van der Waals surface area contributed by atoms with Crippen molar-refractivity contribution in [2.45, 2.75) is 32.1 Å². The maximum absolute atomic E-state index is 12.2. The van der Waals surface area contributed by atoms with E-state index in [9.17, 15) is 9.59 Å².